The molecule has 4 heteroatoms. The van der Waals surface area contributed by atoms with Crippen LogP contribution in [0.25, 0.3) is 0 Å². The number of halogens is 2. The van der Waals surface area contributed by atoms with Crippen molar-refractivity contribution in [3.05, 3.63) is 34.1 Å². The molecule has 2 nitrogen and oxygen atoms in total. The maximum Gasteiger partial charge on any atom is 0.124 e. The van der Waals surface area contributed by atoms with Gasteiger partial charge in [-0.1, -0.05) is 28.8 Å². The molecule has 0 heterocycles. The predicted octanol–water partition coefficient (Wildman–Crippen LogP) is 3.55. The number of rotatable bonds is 6. The molecule has 0 aromatic heterocycles. The summed E-state index contributed by atoms with van der Waals surface area (Å²) in [6.45, 7) is 2.72. The highest BCUT2D eigenvalue weighted by molar-refractivity contribution is 9.10. The standard InChI is InChI=1S/C15H22BrFN2/c1-19(15-4-2-3-5-15)7-6-18-11-12-8-13(16)10-14(17)9-12/h8-10,15,18H,2-7,11H2,1H3. The highest BCUT2D eigenvalue weighted by atomic mass is 79.9. The van der Waals surface area contributed by atoms with Crippen molar-refractivity contribution in [2.75, 3.05) is 20.1 Å². The molecule has 106 valence electrons. The number of nitrogens with one attached hydrogen (secondary N) is 1. The zero-order valence-electron chi connectivity index (χ0n) is 11.5. The Morgan fingerprint density at radius 3 is 2.74 bits per heavy atom. The number of nitrogens with zero attached hydrogens (tertiary/aromatic N) is 1. The van der Waals surface area contributed by atoms with Gasteiger partial charge in [-0.2, -0.15) is 0 Å². The Labute approximate surface area is 123 Å². The molecule has 0 saturated heterocycles. The van der Waals surface area contributed by atoms with Gasteiger partial charge in [0.1, 0.15) is 5.82 Å². The monoisotopic (exact) mass is 328 g/mol. The van der Waals surface area contributed by atoms with Crippen LogP contribution in [0, 0.1) is 5.82 Å². The van der Waals surface area contributed by atoms with Gasteiger partial charge in [-0.3, -0.25) is 0 Å². The van der Waals surface area contributed by atoms with Crippen LogP contribution in [-0.4, -0.2) is 31.1 Å². The predicted molar refractivity (Wildman–Crippen MR) is 80.7 cm³/mol. The van der Waals surface area contributed by atoms with Crippen LogP contribution < -0.4 is 5.32 Å². The Bertz CT molecular complexity index is 385. The van der Waals surface area contributed by atoms with E-state index in [1.807, 2.05) is 6.07 Å². The summed E-state index contributed by atoms with van der Waals surface area (Å²) in [6, 6.07) is 5.79. The third-order valence-electron chi connectivity index (χ3n) is 3.84. The first-order chi connectivity index (χ1) is 9.15. The summed E-state index contributed by atoms with van der Waals surface area (Å²) in [5, 5.41) is 3.38. The van der Waals surface area contributed by atoms with Gasteiger partial charge in [0.15, 0.2) is 0 Å². The molecular weight excluding hydrogens is 307 g/mol. The van der Waals surface area contributed by atoms with Crippen LogP contribution in [0.4, 0.5) is 4.39 Å². The number of hydrogen-bond acceptors (Lipinski definition) is 2. The van der Waals surface area contributed by atoms with E-state index < -0.39 is 0 Å². The fourth-order valence-corrected chi connectivity index (χ4v) is 3.24. The van der Waals surface area contributed by atoms with Gasteiger partial charge in [0, 0.05) is 30.1 Å². The normalized spacial score (nSPS) is 16.4. The third kappa shape index (κ3) is 4.86. The molecule has 1 fully saturated rings. The van der Waals surface area contributed by atoms with Gasteiger partial charge in [-0.05, 0) is 43.7 Å². The van der Waals surface area contributed by atoms with Gasteiger partial charge in [0.2, 0.25) is 0 Å². The van der Waals surface area contributed by atoms with Crippen LogP contribution in [0.3, 0.4) is 0 Å². The average Bonchev–Trinajstić information content (AvgIpc) is 2.87. The van der Waals surface area contributed by atoms with Crippen molar-refractivity contribution in [2.24, 2.45) is 0 Å². The first-order valence-electron chi connectivity index (χ1n) is 7.01. The molecule has 1 N–H and O–H groups in total. The summed E-state index contributed by atoms with van der Waals surface area (Å²) >= 11 is 3.31. The van der Waals surface area contributed by atoms with Gasteiger partial charge in [-0.15, -0.1) is 0 Å². The lowest BCUT2D eigenvalue weighted by Gasteiger charge is -2.24. The molecule has 1 aromatic rings. The van der Waals surface area contributed by atoms with E-state index in [9.17, 15) is 4.39 Å². The SMILES string of the molecule is CN(CCNCc1cc(F)cc(Br)c1)C1CCCC1. The van der Waals surface area contributed by atoms with Gasteiger partial charge in [0.25, 0.3) is 0 Å². The summed E-state index contributed by atoms with van der Waals surface area (Å²) in [6.07, 6.45) is 5.43. The highest BCUT2D eigenvalue weighted by Crippen LogP contribution is 2.21. The largest absolute Gasteiger partial charge is 0.311 e. The Hall–Kier alpha value is -0.450. The van der Waals surface area contributed by atoms with Crippen LogP contribution >= 0.6 is 15.9 Å². The third-order valence-corrected chi connectivity index (χ3v) is 4.30. The minimum atomic E-state index is -0.186. The van der Waals surface area contributed by atoms with Crippen molar-refractivity contribution < 1.29 is 4.39 Å². The molecule has 19 heavy (non-hydrogen) atoms. The lowest BCUT2D eigenvalue weighted by molar-refractivity contribution is 0.245. The molecule has 0 spiro atoms. The van der Waals surface area contributed by atoms with Crippen molar-refractivity contribution in [3.63, 3.8) is 0 Å². The minimum Gasteiger partial charge on any atom is -0.311 e. The maximum atomic E-state index is 13.2. The Morgan fingerprint density at radius 2 is 2.05 bits per heavy atom. The van der Waals surface area contributed by atoms with Crippen LogP contribution in [0.5, 0.6) is 0 Å². The molecule has 0 amide bonds. The molecule has 1 aliphatic rings. The van der Waals surface area contributed by atoms with Crippen molar-refractivity contribution in [3.8, 4) is 0 Å². The van der Waals surface area contributed by atoms with E-state index in [0.29, 0.717) is 0 Å². The highest BCUT2D eigenvalue weighted by Gasteiger charge is 2.18. The van der Waals surface area contributed by atoms with E-state index in [2.05, 4.69) is 33.2 Å². The topological polar surface area (TPSA) is 15.3 Å². The molecule has 1 aliphatic carbocycles. The van der Waals surface area contributed by atoms with Gasteiger partial charge in [0.05, 0.1) is 0 Å². The first-order valence-corrected chi connectivity index (χ1v) is 7.80. The Morgan fingerprint density at radius 1 is 1.32 bits per heavy atom. The molecule has 0 unspecified atom stereocenters. The summed E-state index contributed by atoms with van der Waals surface area (Å²) < 4.78 is 14.0. The second kappa shape index (κ2) is 7.36. The molecule has 0 bridgehead atoms. The summed E-state index contributed by atoms with van der Waals surface area (Å²) in [5.41, 5.74) is 0.982. The van der Waals surface area contributed by atoms with E-state index in [-0.39, 0.29) is 5.82 Å². The second-order valence-corrected chi connectivity index (χ2v) is 6.29. The first kappa shape index (κ1) is 14.9. The smallest absolute Gasteiger partial charge is 0.124 e. The zero-order chi connectivity index (χ0) is 13.7. The van der Waals surface area contributed by atoms with Crippen molar-refractivity contribution >= 4 is 15.9 Å². The van der Waals surface area contributed by atoms with E-state index in [1.165, 1.54) is 31.7 Å². The van der Waals surface area contributed by atoms with Crippen LogP contribution in [-0.2, 0) is 6.54 Å². The lowest BCUT2D eigenvalue weighted by Crippen LogP contribution is -2.35. The average molecular weight is 329 g/mol. The number of benzene rings is 1. The van der Waals surface area contributed by atoms with Crippen LogP contribution in [0.15, 0.2) is 22.7 Å². The van der Waals surface area contributed by atoms with Gasteiger partial charge < -0.3 is 10.2 Å². The number of likely N-dealkylation sites (N-methyl/N-ethyl adjacent to an activating group) is 1. The molecule has 0 radical (unpaired) electrons. The second-order valence-electron chi connectivity index (χ2n) is 5.37. The zero-order valence-corrected chi connectivity index (χ0v) is 13.0. The maximum absolute atomic E-state index is 13.2. The molecule has 1 aromatic carbocycles. The molecular formula is C15H22BrFN2. The quantitative estimate of drug-likeness (QED) is 0.803. The van der Waals surface area contributed by atoms with Gasteiger partial charge in [-0.25, -0.2) is 4.39 Å². The lowest BCUT2D eigenvalue weighted by atomic mass is 10.2. The van der Waals surface area contributed by atoms with Crippen molar-refractivity contribution in [1.29, 1.82) is 0 Å². The Kier molecular flexibility index (Phi) is 5.79. The molecule has 0 aliphatic heterocycles. The summed E-state index contributed by atoms with van der Waals surface area (Å²) in [7, 11) is 2.20. The van der Waals surface area contributed by atoms with Crippen molar-refractivity contribution in [1.82, 2.24) is 10.2 Å². The van der Waals surface area contributed by atoms with E-state index in [4.69, 9.17) is 0 Å². The molecule has 1 saturated carbocycles. The molecule has 0 atom stereocenters. The van der Waals surface area contributed by atoms with E-state index in [1.54, 1.807) is 6.07 Å². The summed E-state index contributed by atoms with van der Waals surface area (Å²) in [4.78, 5) is 2.45. The van der Waals surface area contributed by atoms with E-state index in [0.717, 1.165) is 35.7 Å². The van der Waals surface area contributed by atoms with E-state index >= 15 is 0 Å². The van der Waals surface area contributed by atoms with Crippen molar-refractivity contribution in [2.45, 2.75) is 38.3 Å². The number of hydrogen-bond donors (Lipinski definition) is 1. The summed E-state index contributed by atoms with van der Waals surface area (Å²) in [5.74, 6) is -0.186. The Balaban J connectivity index is 1.68. The minimum absolute atomic E-state index is 0.186. The fraction of sp³-hybridized carbons (Fsp3) is 0.600. The van der Waals surface area contributed by atoms with Gasteiger partial charge >= 0.3 is 0 Å². The van der Waals surface area contributed by atoms with Crippen LogP contribution in [0.1, 0.15) is 31.2 Å². The fourth-order valence-electron chi connectivity index (χ4n) is 2.73. The molecule has 2 rings (SSSR count). The van der Waals surface area contributed by atoms with Crippen LogP contribution in [0.2, 0.25) is 0 Å².